The second kappa shape index (κ2) is 12.7. The lowest BCUT2D eigenvalue weighted by Crippen LogP contribution is -2.36. The molecule has 9 nitrogen and oxygen atoms in total. The molecule has 0 aliphatic carbocycles. The van der Waals surface area contributed by atoms with Gasteiger partial charge in [-0.05, 0) is 60.6 Å². The molecule has 2 aromatic carbocycles. The second-order valence-electron chi connectivity index (χ2n) is 8.43. The number of carbonyl (C=O) groups excluding carboxylic acids is 4. The van der Waals surface area contributed by atoms with Crippen molar-refractivity contribution < 1.29 is 33.1 Å². The number of carbonyl (C=O) groups is 4. The Hall–Kier alpha value is -4.02. The molecule has 4 rings (SSSR count). The van der Waals surface area contributed by atoms with Gasteiger partial charge in [-0.15, -0.1) is 0 Å². The van der Waals surface area contributed by atoms with Gasteiger partial charge in [0.1, 0.15) is 23.8 Å². The number of ether oxygens (including phenoxy) is 2. The number of nitrogens with one attached hydrogen (secondary N) is 1. The van der Waals surface area contributed by atoms with E-state index in [4.69, 9.17) is 25.5 Å². The fourth-order valence-corrected chi connectivity index (χ4v) is 4.68. The van der Waals surface area contributed by atoms with E-state index in [1.807, 2.05) is 6.92 Å². The molecule has 0 unspecified atom stereocenters. The van der Waals surface area contributed by atoms with E-state index < -0.39 is 23.6 Å². The summed E-state index contributed by atoms with van der Waals surface area (Å²) in [5, 5.41) is 2.35. The quantitative estimate of drug-likeness (QED) is 0.174. The molecule has 1 N–H and O–H groups in total. The van der Waals surface area contributed by atoms with Crippen LogP contribution in [0, 0.1) is 0 Å². The van der Waals surface area contributed by atoms with Gasteiger partial charge >= 0.3 is 5.97 Å². The van der Waals surface area contributed by atoms with Crippen LogP contribution in [-0.4, -0.2) is 48.2 Å². The zero-order chi connectivity index (χ0) is 27.9. The Balaban J connectivity index is 1.38. The van der Waals surface area contributed by atoms with Crippen LogP contribution in [-0.2, 0) is 14.3 Å². The minimum absolute atomic E-state index is 0.131. The van der Waals surface area contributed by atoms with Crippen LogP contribution in [0.5, 0.6) is 5.75 Å². The first-order valence-electron chi connectivity index (χ1n) is 12.0. The highest BCUT2D eigenvalue weighted by Crippen LogP contribution is 2.33. The van der Waals surface area contributed by atoms with Gasteiger partial charge in [0.25, 0.3) is 11.1 Å². The number of methoxy groups -OCH3 is 1. The Kier molecular flexibility index (Phi) is 9.11. The molecule has 1 fully saturated rings. The van der Waals surface area contributed by atoms with Crippen molar-refractivity contribution in [2.24, 2.45) is 0 Å². The van der Waals surface area contributed by atoms with Crippen molar-refractivity contribution in [2.45, 2.75) is 19.8 Å². The summed E-state index contributed by atoms with van der Waals surface area (Å²) in [5.74, 6) is -0.215. The molecular weight excluding hydrogens is 544 g/mol. The molecule has 2 heterocycles. The highest BCUT2D eigenvalue weighted by molar-refractivity contribution is 8.18. The summed E-state index contributed by atoms with van der Waals surface area (Å²) < 4.78 is 16.1. The number of hydrogen-bond acceptors (Lipinski definition) is 8. The Labute approximate surface area is 234 Å². The van der Waals surface area contributed by atoms with Crippen LogP contribution < -0.4 is 10.1 Å². The highest BCUT2D eigenvalue weighted by atomic mass is 35.5. The topological polar surface area (TPSA) is 115 Å². The zero-order valence-corrected chi connectivity index (χ0v) is 22.8. The van der Waals surface area contributed by atoms with Gasteiger partial charge in [0.2, 0.25) is 5.91 Å². The Morgan fingerprint density at radius 1 is 1.10 bits per heavy atom. The third kappa shape index (κ3) is 6.90. The van der Waals surface area contributed by atoms with Crippen molar-refractivity contribution in [1.82, 2.24) is 4.90 Å². The lowest BCUT2D eigenvalue weighted by atomic mass is 10.1. The summed E-state index contributed by atoms with van der Waals surface area (Å²) in [6, 6.07) is 14.9. The molecule has 11 heteroatoms. The molecule has 3 amide bonds. The number of unbranched alkanes of at least 4 members (excludes halogenated alkanes) is 1. The molecule has 39 heavy (non-hydrogen) atoms. The standard InChI is InChI=1S/C28H25ClN2O7S/c1-3-4-13-37-27(34)18-7-5-17(6-8-18)22-12-10-20(38-22)15-24-26(33)31(28(35)39-24)16-25(32)30-19-9-11-23(36-2)21(29)14-19/h5-12,14-15H,3-4,13,16H2,1-2H3,(H,30,32)/b24-15+. The van der Waals surface area contributed by atoms with Gasteiger partial charge in [-0.2, -0.15) is 0 Å². The lowest BCUT2D eigenvalue weighted by molar-refractivity contribution is -0.127. The predicted octanol–water partition coefficient (Wildman–Crippen LogP) is 6.24. The molecule has 202 valence electrons. The summed E-state index contributed by atoms with van der Waals surface area (Å²) in [7, 11) is 1.47. The van der Waals surface area contributed by atoms with Crippen LogP contribution in [0.4, 0.5) is 10.5 Å². The predicted molar refractivity (Wildman–Crippen MR) is 149 cm³/mol. The molecule has 1 saturated heterocycles. The number of furan rings is 1. The molecule has 1 aliphatic heterocycles. The van der Waals surface area contributed by atoms with Crippen molar-refractivity contribution in [3.63, 3.8) is 0 Å². The number of rotatable bonds is 10. The summed E-state index contributed by atoms with van der Waals surface area (Å²) in [6.45, 7) is 1.95. The lowest BCUT2D eigenvalue weighted by Gasteiger charge is -2.13. The Bertz CT molecular complexity index is 1430. The minimum atomic E-state index is -0.600. The van der Waals surface area contributed by atoms with Crippen molar-refractivity contribution in [3.05, 3.63) is 75.8 Å². The van der Waals surface area contributed by atoms with E-state index in [0.717, 1.165) is 35.1 Å². The highest BCUT2D eigenvalue weighted by Gasteiger charge is 2.36. The van der Waals surface area contributed by atoms with E-state index >= 15 is 0 Å². The molecule has 0 radical (unpaired) electrons. The van der Waals surface area contributed by atoms with E-state index in [2.05, 4.69) is 5.32 Å². The maximum atomic E-state index is 12.8. The second-order valence-corrected chi connectivity index (χ2v) is 9.83. The first-order valence-corrected chi connectivity index (χ1v) is 13.2. The third-order valence-corrected chi connectivity index (χ3v) is 6.85. The van der Waals surface area contributed by atoms with Gasteiger partial charge in [-0.1, -0.05) is 37.1 Å². The number of thioether (sulfide) groups is 1. The SMILES string of the molecule is CCCCOC(=O)c1ccc(-c2ccc(/C=C3/SC(=O)N(CC(=O)Nc4ccc(OC)c(Cl)c4)C3=O)o2)cc1. The zero-order valence-electron chi connectivity index (χ0n) is 21.2. The van der Waals surface area contributed by atoms with Gasteiger partial charge in [0.15, 0.2) is 0 Å². The molecule has 0 atom stereocenters. The van der Waals surface area contributed by atoms with Crippen LogP contribution in [0.15, 0.2) is 63.9 Å². The van der Waals surface area contributed by atoms with E-state index in [-0.39, 0.29) is 10.9 Å². The smallest absolute Gasteiger partial charge is 0.338 e. The van der Waals surface area contributed by atoms with Gasteiger partial charge < -0.3 is 19.2 Å². The molecule has 1 aromatic heterocycles. The number of nitrogens with zero attached hydrogens (tertiary/aromatic N) is 1. The van der Waals surface area contributed by atoms with Crippen LogP contribution in [0.1, 0.15) is 35.9 Å². The number of hydrogen-bond donors (Lipinski definition) is 1. The maximum Gasteiger partial charge on any atom is 0.338 e. The van der Waals surface area contributed by atoms with Crippen molar-refractivity contribution >= 4 is 58.1 Å². The molecule has 0 saturated carbocycles. The van der Waals surface area contributed by atoms with Crippen molar-refractivity contribution in [1.29, 1.82) is 0 Å². The maximum absolute atomic E-state index is 12.8. The Morgan fingerprint density at radius 2 is 1.87 bits per heavy atom. The normalized spacial score (nSPS) is 14.1. The van der Waals surface area contributed by atoms with Gasteiger partial charge in [-0.3, -0.25) is 19.3 Å². The number of halogens is 1. The monoisotopic (exact) mass is 568 g/mol. The largest absolute Gasteiger partial charge is 0.495 e. The third-order valence-electron chi connectivity index (χ3n) is 5.65. The average molecular weight is 569 g/mol. The van der Waals surface area contributed by atoms with E-state index in [1.54, 1.807) is 48.5 Å². The molecular formula is C28H25ClN2O7S. The number of amides is 3. The average Bonchev–Trinajstić information content (AvgIpc) is 3.49. The van der Waals surface area contributed by atoms with Crippen LogP contribution in [0.25, 0.3) is 17.4 Å². The summed E-state index contributed by atoms with van der Waals surface area (Å²) in [4.78, 5) is 50.8. The van der Waals surface area contributed by atoms with Crippen LogP contribution in [0.3, 0.4) is 0 Å². The summed E-state index contributed by atoms with van der Waals surface area (Å²) >= 11 is 6.79. The number of esters is 1. The van der Waals surface area contributed by atoms with Gasteiger partial charge in [0.05, 0.1) is 29.2 Å². The van der Waals surface area contributed by atoms with Crippen LogP contribution in [0.2, 0.25) is 5.02 Å². The van der Waals surface area contributed by atoms with Crippen LogP contribution >= 0.6 is 23.4 Å². The molecule has 1 aliphatic rings. The number of benzene rings is 2. The molecule has 0 bridgehead atoms. The fourth-order valence-electron chi connectivity index (χ4n) is 3.60. The van der Waals surface area contributed by atoms with Gasteiger partial charge in [0, 0.05) is 17.3 Å². The number of anilines is 1. The van der Waals surface area contributed by atoms with E-state index in [0.29, 0.717) is 40.2 Å². The molecule has 0 spiro atoms. The first kappa shape index (κ1) is 28.0. The van der Waals surface area contributed by atoms with Gasteiger partial charge in [-0.25, -0.2) is 4.79 Å². The minimum Gasteiger partial charge on any atom is -0.495 e. The number of imide groups is 1. The van der Waals surface area contributed by atoms with E-state index in [1.165, 1.54) is 19.3 Å². The van der Waals surface area contributed by atoms with Crippen molar-refractivity contribution in [3.8, 4) is 17.1 Å². The first-order chi connectivity index (χ1) is 18.8. The Morgan fingerprint density at radius 3 is 2.56 bits per heavy atom. The molecule has 3 aromatic rings. The van der Waals surface area contributed by atoms with E-state index in [9.17, 15) is 19.2 Å². The van der Waals surface area contributed by atoms with Crippen molar-refractivity contribution in [2.75, 3.05) is 25.6 Å². The summed E-state index contributed by atoms with van der Waals surface area (Å²) in [5.41, 5.74) is 1.57. The summed E-state index contributed by atoms with van der Waals surface area (Å²) in [6.07, 6.45) is 3.20. The fraction of sp³-hybridized carbons (Fsp3) is 0.214.